The number of aromatic nitrogens is 4. The van der Waals surface area contributed by atoms with Crippen LogP contribution < -0.4 is 10.1 Å². The van der Waals surface area contributed by atoms with Crippen molar-refractivity contribution in [1.29, 1.82) is 0 Å². The number of anilines is 1. The molecule has 7 nitrogen and oxygen atoms in total. The van der Waals surface area contributed by atoms with Gasteiger partial charge in [0.05, 0.1) is 16.0 Å². The van der Waals surface area contributed by atoms with Crippen LogP contribution in [0.3, 0.4) is 0 Å². The monoisotopic (exact) mass is 551 g/mol. The maximum absolute atomic E-state index is 14.1. The van der Waals surface area contributed by atoms with Gasteiger partial charge in [-0.3, -0.25) is 9.48 Å². The first-order valence-electron chi connectivity index (χ1n) is 9.70. The van der Waals surface area contributed by atoms with Crippen LogP contribution in [0.1, 0.15) is 21.6 Å². The van der Waals surface area contributed by atoms with Crippen molar-refractivity contribution in [3.63, 3.8) is 0 Å². The fourth-order valence-corrected chi connectivity index (χ4v) is 3.80. The van der Waals surface area contributed by atoms with Crippen molar-refractivity contribution < 1.29 is 13.9 Å². The lowest BCUT2D eigenvalue weighted by atomic mass is 10.2. The summed E-state index contributed by atoms with van der Waals surface area (Å²) in [7, 11) is 0. The largest absolute Gasteiger partial charge is 0.470 e. The zero-order valence-corrected chi connectivity index (χ0v) is 20.3. The van der Waals surface area contributed by atoms with Crippen molar-refractivity contribution >= 4 is 50.9 Å². The molecule has 0 atom stereocenters. The number of aryl methyl sites for hydroxylation is 1. The van der Waals surface area contributed by atoms with Crippen LogP contribution in [-0.4, -0.2) is 25.5 Å². The van der Waals surface area contributed by atoms with Gasteiger partial charge in [0.2, 0.25) is 0 Å². The van der Waals surface area contributed by atoms with Crippen molar-refractivity contribution in [1.82, 2.24) is 19.6 Å². The van der Waals surface area contributed by atoms with Gasteiger partial charge in [-0.1, -0.05) is 35.3 Å². The highest BCUT2D eigenvalue weighted by atomic mass is 79.9. The first-order chi connectivity index (χ1) is 15.8. The third-order valence-corrected chi connectivity index (χ3v) is 5.89. The van der Waals surface area contributed by atoms with Crippen molar-refractivity contribution in [2.75, 3.05) is 5.32 Å². The Morgan fingerprint density at radius 2 is 1.97 bits per heavy atom. The normalized spacial score (nSPS) is 10.9. The Labute approximate surface area is 207 Å². The Balaban J connectivity index is 1.41. The maximum atomic E-state index is 14.1. The predicted octanol–water partition coefficient (Wildman–Crippen LogP) is 5.93. The SMILES string of the molecule is Cc1ccc(Cl)c(OCn2ccc(C(=O)Nc3nn(Cc4c(F)cccc4Cl)cc3Br)n2)c1. The van der Waals surface area contributed by atoms with Gasteiger partial charge in [0.25, 0.3) is 5.91 Å². The minimum absolute atomic E-state index is 0.0815. The van der Waals surface area contributed by atoms with Crippen LogP contribution in [-0.2, 0) is 13.3 Å². The fourth-order valence-electron chi connectivity index (χ4n) is 2.99. The van der Waals surface area contributed by atoms with E-state index < -0.39 is 11.7 Å². The van der Waals surface area contributed by atoms with Gasteiger partial charge in [-0.05, 0) is 58.7 Å². The van der Waals surface area contributed by atoms with Crippen LogP contribution in [0.2, 0.25) is 10.0 Å². The Morgan fingerprint density at radius 1 is 1.15 bits per heavy atom. The summed E-state index contributed by atoms with van der Waals surface area (Å²) in [5, 5.41) is 12.0. The molecule has 0 unspecified atom stereocenters. The van der Waals surface area contributed by atoms with E-state index in [-0.39, 0.29) is 24.8 Å². The second kappa shape index (κ2) is 9.94. The molecule has 0 saturated carbocycles. The molecule has 0 bridgehead atoms. The van der Waals surface area contributed by atoms with Gasteiger partial charge >= 0.3 is 0 Å². The second-order valence-corrected chi connectivity index (χ2v) is 8.79. The maximum Gasteiger partial charge on any atom is 0.277 e. The van der Waals surface area contributed by atoms with Crippen molar-refractivity contribution in [3.05, 3.63) is 92.0 Å². The minimum Gasteiger partial charge on any atom is -0.470 e. The molecule has 170 valence electrons. The molecular formula is C22H17BrCl2FN5O2. The molecular weight excluding hydrogens is 536 g/mol. The lowest BCUT2D eigenvalue weighted by Crippen LogP contribution is -2.15. The van der Waals surface area contributed by atoms with E-state index in [0.717, 1.165) is 5.56 Å². The average molecular weight is 553 g/mol. The topological polar surface area (TPSA) is 74.0 Å². The van der Waals surface area contributed by atoms with Crippen LogP contribution >= 0.6 is 39.1 Å². The third-order valence-electron chi connectivity index (χ3n) is 4.64. The minimum atomic E-state index is -0.461. The smallest absolute Gasteiger partial charge is 0.277 e. The average Bonchev–Trinajstić information content (AvgIpc) is 3.38. The van der Waals surface area contributed by atoms with E-state index in [9.17, 15) is 9.18 Å². The molecule has 0 spiro atoms. The summed E-state index contributed by atoms with van der Waals surface area (Å²) in [4.78, 5) is 12.6. The summed E-state index contributed by atoms with van der Waals surface area (Å²) in [6.45, 7) is 2.12. The van der Waals surface area contributed by atoms with Gasteiger partial charge in [-0.25, -0.2) is 9.07 Å². The number of halogens is 4. The molecule has 0 aliphatic rings. The summed E-state index contributed by atoms with van der Waals surface area (Å²) in [6, 6.07) is 11.5. The molecule has 2 aromatic heterocycles. The molecule has 4 aromatic rings. The molecule has 0 radical (unpaired) electrons. The van der Waals surface area contributed by atoms with Gasteiger partial charge in [-0.2, -0.15) is 10.2 Å². The van der Waals surface area contributed by atoms with E-state index in [0.29, 0.717) is 25.8 Å². The van der Waals surface area contributed by atoms with E-state index in [1.54, 1.807) is 30.6 Å². The van der Waals surface area contributed by atoms with E-state index in [1.807, 2.05) is 19.1 Å². The molecule has 2 aromatic carbocycles. The molecule has 0 fully saturated rings. The third kappa shape index (κ3) is 5.55. The zero-order valence-electron chi connectivity index (χ0n) is 17.2. The second-order valence-electron chi connectivity index (χ2n) is 7.13. The lowest BCUT2D eigenvalue weighted by molar-refractivity contribution is 0.101. The fraction of sp³-hybridized carbons (Fsp3) is 0.136. The van der Waals surface area contributed by atoms with Gasteiger partial charge in [-0.15, -0.1) is 0 Å². The Bertz CT molecular complexity index is 1300. The van der Waals surface area contributed by atoms with Gasteiger partial charge in [0.1, 0.15) is 11.6 Å². The molecule has 2 heterocycles. The Hall–Kier alpha value is -2.88. The standard InChI is InChI=1S/C22H17BrCl2FN5O2/c1-13-5-6-17(25)20(9-13)33-12-30-8-7-19(28-30)22(32)27-21-15(23)11-31(29-21)10-14-16(24)3-2-4-18(14)26/h2-9,11H,10,12H2,1H3,(H,27,29,32). The number of amides is 1. The molecule has 1 amide bonds. The molecule has 11 heteroatoms. The van der Waals surface area contributed by atoms with Crippen LogP contribution in [0.25, 0.3) is 0 Å². The van der Waals surface area contributed by atoms with Crippen molar-refractivity contribution in [2.24, 2.45) is 0 Å². The number of nitrogens with zero attached hydrogens (tertiary/aromatic N) is 4. The lowest BCUT2D eigenvalue weighted by Gasteiger charge is -2.08. The summed E-state index contributed by atoms with van der Waals surface area (Å²) in [5.74, 6) is -0.0935. The number of carbonyl (C=O) groups excluding carboxylic acids is 1. The zero-order chi connectivity index (χ0) is 23.5. The summed E-state index contributed by atoms with van der Waals surface area (Å²) < 4.78 is 23.2. The first-order valence-corrected chi connectivity index (χ1v) is 11.2. The summed E-state index contributed by atoms with van der Waals surface area (Å²) in [6.07, 6.45) is 3.24. The van der Waals surface area contributed by atoms with E-state index in [4.69, 9.17) is 27.9 Å². The van der Waals surface area contributed by atoms with Gasteiger partial charge in [0.15, 0.2) is 18.2 Å². The van der Waals surface area contributed by atoms with Crippen molar-refractivity contribution in [3.8, 4) is 5.75 Å². The molecule has 4 rings (SSSR count). The molecule has 0 saturated heterocycles. The highest BCUT2D eigenvalue weighted by molar-refractivity contribution is 9.10. The van der Waals surface area contributed by atoms with E-state index >= 15 is 0 Å². The predicted molar refractivity (Wildman–Crippen MR) is 127 cm³/mol. The highest BCUT2D eigenvalue weighted by Crippen LogP contribution is 2.26. The van der Waals surface area contributed by atoms with Crippen LogP contribution in [0.15, 0.2) is 59.3 Å². The highest BCUT2D eigenvalue weighted by Gasteiger charge is 2.16. The molecule has 33 heavy (non-hydrogen) atoms. The van der Waals surface area contributed by atoms with Crippen molar-refractivity contribution in [2.45, 2.75) is 20.2 Å². The summed E-state index contributed by atoms with van der Waals surface area (Å²) >= 11 is 15.6. The number of benzene rings is 2. The quantitative estimate of drug-likeness (QED) is 0.308. The number of nitrogens with one attached hydrogen (secondary N) is 1. The van der Waals surface area contributed by atoms with E-state index in [2.05, 4.69) is 31.4 Å². The summed E-state index contributed by atoms with van der Waals surface area (Å²) in [5.41, 5.74) is 1.49. The number of carbonyl (C=O) groups is 1. The van der Waals surface area contributed by atoms with E-state index in [1.165, 1.54) is 21.5 Å². The van der Waals surface area contributed by atoms with Gasteiger partial charge < -0.3 is 10.1 Å². The number of hydrogen-bond donors (Lipinski definition) is 1. The number of ether oxygens (including phenoxy) is 1. The molecule has 1 N–H and O–H groups in total. The number of rotatable bonds is 7. The Morgan fingerprint density at radius 3 is 2.76 bits per heavy atom. The van der Waals surface area contributed by atoms with Crippen LogP contribution in [0.4, 0.5) is 10.2 Å². The molecule has 0 aliphatic carbocycles. The van der Waals surface area contributed by atoms with Crippen LogP contribution in [0.5, 0.6) is 5.75 Å². The molecule has 0 aliphatic heterocycles. The first kappa shape index (κ1) is 23.3. The van der Waals surface area contributed by atoms with Crippen LogP contribution in [0, 0.1) is 12.7 Å². The number of hydrogen-bond acceptors (Lipinski definition) is 4. The van der Waals surface area contributed by atoms with Gasteiger partial charge in [0, 0.05) is 23.0 Å². The Kier molecular flexibility index (Phi) is 7.02.